The van der Waals surface area contributed by atoms with E-state index in [4.69, 9.17) is 13.7 Å². The van der Waals surface area contributed by atoms with E-state index >= 15 is 0 Å². The molecule has 4 rings (SSSR count). The fourth-order valence-electron chi connectivity index (χ4n) is 3.08. The molecule has 1 amide bonds. The molecular formula is C22H21N3O4S. The van der Waals surface area contributed by atoms with Crippen molar-refractivity contribution in [3.8, 4) is 17.0 Å². The number of aromatic nitrogens is 2. The maximum atomic E-state index is 12.6. The van der Waals surface area contributed by atoms with E-state index in [0.717, 1.165) is 39.8 Å². The molecule has 1 aromatic carbocycles. The Balaban J connectivity index is 1.39. The highest BCUT2D eigenvalue weighted by Crippen LogP contribution is 2.30. The number of aryl methyl sites for hydroxylation is 4. The van der Waals surface area contributed by atoms with Gasteiger partial charge in [0.2, 0.25) is 0 Å². The Hall–Kier alpha value is -3.39. The number of anilines is 1. The van der Waals surface area contributed by atoms with Crippen LogP contribution in [0.2, 0.25) is 0 Å². The molecule has 0 fully saturated rings. The summed E-state index contributed by atoms with van der Waals surface area (Å²) in [6.07, 6.45) is 0. The highest BCUT2D eigenvalue weighted by Gasteiger charge is 2.14. The third-order valence-electron chi connectivity index (χ3n) is 4.72. The van der Waals surface area contributed by atoms with Gasteiger partial charge in [0, 0.05) is 16.5 Å². The predicted molar refractivity (Wildman–Crippen MR) is 114 cm³/mol. The van der Waals surface area contributed by atoms with Crippen molar-refractivity contribution in [1.29, 1.82) is 0 Å². The summed E-state index contributed by atoms with van der Waals surface area (Å²) in [5.74, 6) is 2.81. The summed E-state index contributed by atoms with van der Waals surface area (Å²) in [6, 6.07) is 8.90. The van der Waals surface area contributed by atoms with Crippen LogP contribution in [0.1, 0.15) is 38.9 Å². The lowest BCUT2D eigenvalue weighted by atomic mass is 10.2. The number of ether oxygens (including phenoxy) is 1. The summed E-state index contributed by atoms with van der Waals surface area (Å²) in [7, 11) is 0. The summed E-state index contributed by atoms with van der Waals surface area (Å²) in [4.78, 5) is 17.1. The highest BCUT2D eigenvalue weighted by molar-refractivity contribution is 7.14. The van der Waals surface area contributed by atoms with Crippen LogP contribution in [0, 0.1) is 27.7 Å². The van der Waals surface area contributed by atoms with E-state index in [1.165, 1.54) is 11.3 Å². The van der Waals surface area contributed by atoms with Crippen LogP contribution in [0.3, 0.4) is 0 Å². The largest absolute Gasteiger partial charge is 0.489 e. The van der Waals surface area contributed by atoms with Crippen molar-refractivity contribution in [2.75, 3.05) is 5.32 Å². The maximum Gasteiger partial charge on any atom is 0.257 e. The van der Waals surface area contributed by atoms with Crippen LogP contribution in [0.5, 0.6) is 5.75 Å². The molecule has 0 atom stereocenters. The highest BCUT2D eigenvalue weighted by atomic mass is 32.1. The number of benzene rings is 1. The Labute approximate surface area is 177 Å². The summed E-state index contributed by atoms with van der Waals surface area (Å²) in [5, 5.41) is 9.19. The van der Waals surface area contributed by atoms with Gasteiger partial charge in [-0.05, 0) is 58.0 Å². The smallest absolute Gasteiger partial charge is 0.257 e. The van der Waals surface area contributed by atoms with Gasteiger partial charge >= 0.3 is 0 Å². The minimum Gasteiger partial charge on any atom is -0.489 e. The Morgan fingerprint density at radius 3 is 2.53 bits per heavy atom. The van der Waals surface area contributed by atoms with Crippen LogP contribution in [0.25, 0.3) is 11.3 Å². The van der Waals surface area contributed by atoms with Gasteiger partial charge < -0.3 is 13.7 Å². The summed E-state index contributed by atoms with van der Waals surface area (Å²) >= 11 is 1.37. The van der Waals surface area contributed by atoms with Gasteiger partial charge in [0.15, 0.2) is 5.13 Å². The summed E-state index contributed by atoms with van der Waals surface area (Å²) in [6.45, 7) is 7.89. The third kappa shape index (κ3) is 4.13. The van der Waals surface area contributed by atoms with E-state index < -0.39 is 0 Å². The van der Waals surface area contributed by atoms with E-state index in [9.17, 15) is 4.79 Å². The van der Waals surface area contributed by atoms with E-state index in [2.05, 4.69) is 15.5 Å². The van der Waals surface area contributed by atoms with Crippen molar-refractivity contribution in [2.24, 2.45) is 0 Å². The number of hydrogen-bond donors (Lipinski definition) is 1. The Kier molecular flexibility index (Phi) is 5.41. The van der Waals surface area contributed by atoms with Crippen molar-refractivity contribution in [1.82, 2.24) is 10.1 Å². The van der Waals surface area contributed by atoms with E-state index in [1.54, 1.807) is 24.3 Å². The first-order valence-corrected chi connectivity index (χ1v) is 10.3. The van der Waals surface area contributed by atoms with Crippen LogP contribution in [-0.2, 0) is 6.61 Å². The van der Waals surface area contributed by atoms with Gasteiger partial charge in [-0.2, -0.15) is 0 Å². The van der Waals surface area contributed by atoms with Gasteiger partial charge in [-0.15, -0.1) is 11.3 Å². The minimum absolute atomic E-state index is 0.228. The van der Waals surface area contributed by atoms with Crippen LogP contribution < -0.4 is 10.1 Å². The van der Waals surface area contributed by atoms with Crippen molar-refractivity contribution in [3.63, 3.8) is 0 Å². The molecule has 4 aromatic rings. The molecule has 30 heavy (non-hydrogen) atoms. The molecule has 0 saturated carbocycles. The third-order valence-corrected chi connectivity index (χ3v) is 5.48. The van der Waals surface area contributed by atoms with Crippen molar-refractivity contribution >= 4 is 22.4 Å². The normalized spacial score (nSPS) is 10.9. The average molecular weight is 423 g/mol. The molecule has 8 heteroatoms. The zero-order valence-electron chi connectivity index (χ0n) is 17.1. The van der Waals surface area contributed by atoms with E-state index in [0.29, 0.717) is 23.1 Å². The maximum absolute atomic E-state index is 12.6. The second-order valence-electron chi connectivity index (χ2n) is 6.93. The molecule has 3 heterocycles. The van der Waals surface area contributed by atoms with Crippen LogP contribution in [0.15, 0.2) is 44.7 Å². The van der Waals surface area contributed by atoms with Crippen LogP contribution in [-0.4, -0.2) is 16.0 Å². The number of amides is 1. The average Bonchev–Trinajstić information content (AvgIpc) is 3.40. The molecule has 0 bridgehead atoms. The van der Waals surface area contributed by atoms with Gasteiger partial charge in [-0.3, -0.25) is 10.1 Å². The van der Waals surface area contributed by atoms with Crippen LogP contribution >= 0.6 is 11.3 Å². The Bertz CT molecular complexity index is 1170. The first kappa shape index (κ1) is 19.9. The molecule has 0 aliphatic carbocycles. The number of carbonyl (C=O) groups is 1. The molecule has 154 valence electrons. The van der Waals surface area contributed by atoms with Crippen molar-refractivity contribution in [2.45, 2.75) is 34.3 Å². The Morgan fingerprint density at radius 1 is 1.13 bits per heavy atom. The standard InChI is InChI=1S/C22H21N3O4S/c1-12-9-18(14(3)28-12)20-11-30-22(23-20)24-21(26)16-5-7-17(8-6-16)27-10-19-13(2)25-29-15(19)4/h5-9,11H,10H2,1-4H3,(H,23,24,26). The number of furan rings is 1. The predicted octanol–water partition coefficient (Wildman–Crippen LogP) is 5.46. The van der Waals surface area contributed by atoms with Gasteiger partial charge in [-0.1, -0.05) is 5.16 Å². The van der Waals surface area contributed by atoms with E-state index in [-0.39, 0.29) is 5.91 Å². The minimum atomic E-state index is -0.228. The molecule has 0 spiro atoms. The lowest BCUT2D eigenvalue weighted by Gasteiger charge is -2.07. The molecule has 1 N–H and O–H groups in total. The molecule has 0 aliphatic heterocycles. The molecule has 3 aromatic heterocycles. The fourth-order valence-corrected chi connectivity index (χ4v) is 3.78. The van der Waals surface area contributed by atoms with Crippen molar-refractivity contribution in [3.05, 3.63) is 69.8 Å². The van der Waals surface area contributed by atoms with Gasteiger partial charge in [0.1, 0.15) is 29.6 Å². The number of carbonyl (C=O) groups excluding carboxylic acids is 1. The number of rotatable bonds is 6. The lowest BCUT2D eigenvalue weighted by Crippen LogP contribution is -2.11. The number of hydrogen-bond acceptors (Lipinski definition) is 7. The fraction of sp³-hybridized carbons (Fsp3) is 0.227. The lowest BCUT2D eigenvalue weighted by molar-refractivity contribution is 0.102. The monoisotopic (exact) mass is 423 g/mol. The number of nitrogens with zero attached hydrogens (tertiary/aromatic N) is 2. The first-order valence-electron chi connectivity index (χ1n) is 9.39. The second kappa shape index (κ2) is 8.16. The van der Waals surface area contributed by atoms with Gasteiger partial charge in [0.25, 0.3) is 5.91 Å². The summed E-state index contributed by atoms with van der Waals surface area (Å²) in [5.41, 5.74) is 3.98. The topological polar surface area (TPSA) is 90.4 Å². The molecule has 7 nitrogen and oxygen atoms in total. The summed E-state index contributed by atoms with van der Waals surface area (Å²) < 4.78 is 16.5. The SMILES string of the molecule is Cc1cc(-c2csc(NC(=O)c3ccc(OCc4c(C)noc4C)cc3)n2)c(C)o1. The molecule has 0 aliphatic rings. The zero-order chi connectivity index (χ0) is 21.3. The van der Waals surface area contributed by atoms with Gasteiger partial charge in [-0.25, -0.2) is 4.98 Å². The number of thiazole rings is 1. The van der Waals surface area contributed by atoms with Crippen molar-refractivity contribution < 1.29 is 18.5 Å². The number of nitrogens with one attached hydrogen (secondary N) is 1. The molecular weight excluding hydrogens is 402 g/mol. The quantitative estimate of drug-likeness (QED) is 0.443. The first-order chi connectivity index (χ1) is 14.4. The molecule has 0 unspecified atom stereocenters. The molecule has 0 radical (unpaired) electrons. The Morgan fingerprint density at radius 2 is 1.90 bits per heavy atom. The van der Waals surface area contributed by atoms with E-state index in [1.807, 2.05) is 39.1 Å². The molecule has 0 saturated heterocycles. The van der Waals surface area contributed by atoms with Crippen LogP contribution in [0.4, 0.5) is 5.13 Å². The zero-order valence-corrected chi connectivity index (χ0v) is 17.9. The van der Waals surface area contributed by atoms with Gasteiger partial charge in [0.05, 0.1) is 17.0 Å². The second-order valence-corrected chi connectivity index (χ2v) is 7.79.